The lowest BCUT2D eigenvalue weighted by atomic mass is 9.90. The van der Waals surface area contributed by atoms with Gasteiger partial charge in [-0.2, -0.15) is 0 Å². The van der Waals surface area contributed by atoms with Crippen LogP contribution in [0.1, 0.15) is 30.1 Å². The van der Waals surface area contributed by atoms with Crippen LogP contribution in [0.5, 0.6) is 5.75 Å². The van der Waals surface area contributed by atoms with Gasteiger partial charge in [-0.15, -0.1) is 0 Å². The molecule has 2 N–H and O–H groups in total. The van der Waals surface area contributed by atoms with Gasteiger partial charge in [-0.05, 0) is 49.4 Å². The van der Waals surface area contributed by atoms with Gasteiger partial charge in [0.25, 0.3) is 5.91 Å². The summed E-state index contributed by atoms with van der Waals surface area (Å²) in [6.07, 6.45) is 1.27. The second kappa shape index (κ2) is 8.07. The summed E-state index contributed by atoms with van der Waals surface area (Å²) >= 11 is 6.21. The third-order valence-corrected chi connectivity index (χ3v) is 6.13. The number of anilines is 2. The third kappa shape index (κ3) is 3.65. The number of nitrogens with zero attached hydrogens (tertiary/aromatic N) is 2. The molecule has 8 heteroatoms. The van der Waals surface area contributed by atoms with Crippen molar-refractivity contribution in [2.24, 2.45) is 0 Å². The Kier molecular flexibility index (Phi) is 5.47. The molecule has 158 valence electrons. The molecular formula is C22H25ClN4O3. The van der Waals surface area contributed by atoms with Gasteiger partial charge < -0.3 is 25.2 Å². The summed E-state index contributed by atoms with van der Waals surface area (Å²) in [7, 11) is 1.60. The van der Waals surface area contributed by atoms with Gasteiger partial charge in [-0.25, -0.2) is 4.79 Å². The summed E-state index contributed by atoms with van der Waals surface area (Å²) < 4.78 is 5.15. The van der Waals surface area contributed by atoms with Crippen molar-refractivity contribution in [2.75, 3.05) is 37.0 Å². The van der Waals surface area contributed by atoms with E-state index in [0.29, 0.717) is 42.2 Å². The van der Waals surface area contributed by atoms with Crippen LogP contribution in [0, 0.1) is 0 Å². The normalized spacial score (nSPS) is 17.4. The Labute approximate surface area is 180 Å². The van der Waals surface area contributed by atoms with E-state index in [0.717, 1.165) is 18.0 Å². The minimum absolute atomic E-state index is 0.0949. The molecule has 0 atom stereocenters. The van der Waals surface area contributed by atoms with Crippen molar-refractivity contribution in [3.05, 3.63) is 53.1 Å². The first kappa shape index (κ1) is 20.3. The molecule has 2 heterocycles. The number of piperidine rings is 1. The predicted octanol–water partition coefficient (Wildman–Crippen LogP) is 3.94. The number of hydrogen-bond donors (Lipinski definition) is 2. The van der Waals surface area contributed by atoms with Gasteiger partial charge in [0.1, 0.15) is 11.4 Å². The zero-order chi connectivity index (χ0) is 21.3. The fourth-order valence-corrected chi connectivity index (χ4v) is 4.49. The fraction of sp³-hybridized carbons (Fsp3) is 0.364. The summed E-state index contributed by atoms with van der Waals surface area (Å²) in [4.78, 5) is 29.5. The smallest absolute Gasteiger partial charge is 0.321 e. The largest absolute Gasteiger partial charge is 0.497 e. The SMILES string of the molecule is CCN1c2cc(Cl)ccc2C(=O)NC12CCN(C(=O)Nc1ccc(OC)cc1)CC2. The summed E-state index contributed by atoms with van der Waals surface area (Å²) in [6.45, 7) is 3.86. The maximum absolute atomic E-state index is 12.8. The standard InChI is InChI=1S/C22H25ClN4O3/c1-3-27-19-14-15(23)4-9-18(19)20(28)25-22(27)10-12-26(13-11-22)21(29)24-16-5-7-17(30-2)8-6-16/h4-9,14H,3,10-13H2,1-2H3,(H,24,29)(H,25,28). The summed E-state index contributed by atoms with van der Waals surface area (Å²) in [5.41, 5.74) is 1.68. The van der Waals surface area contributed by atoms with Crippen LogP contribution in [0.2, 0.25) is 5.02 Å². The van der Waals surface area contributed by atoms with Crippen LogP contribution < -0.4 is 20.3 Å². The zero-order valence-corrected chi connectivity index (χ0v) is 17.8. The highest BCUT2D eigenvalue weighted by Crippen LogP contribution is 2.38. The molecule has 2 aromatic rings. The van der Waals surface area contributed by atoms with Crippen molar-refractivity contribution < 1.29 is 14.3 Å². The molecule has 1 fully saturated rings. The molecule has 30 heavy (non-hydrogen) atoms. The first-order valence-electron chi connectivity index (χ1n) is 10.1. The van der Waals surface area contributed by atoms with Crippen molar-refractivity contribution in [3.63, 3.8) is 0 Å². The second-order valence-corrected chi connectivity index (χ2v) is 7.97. The van der Waals surface area contributed by atoms with Crippen LogP contribution in [-0.2, 0) is 0 Å². The predicted molar refractivity (Wildman–Crippen MR) is 117 cm³/mol. The van der Waals surface area contributed by atoms with Crippen LogP contribution >= 0.6 is 11.6 Å². The molecule has 7 nitrogen and oxygen atoms in total. The number of ether oxygens (including phenoxy) is 1. The highest BCUT2D eigenvalue weighted by atomic mass is 35.5. The molecule has 0 radical (unpaired) electrons. The van der Waals surface area contributed by atoms with Gasteiger partial charge in [0.2, 0.25) is 0 Å². The van der Waals surface area contributed by atoms with E-state index in [9.17, 15) is 9.59 Å². The molecule has 2 aliphatic rings. The molecule has 1 spiro atoms. The Morgan fingerprint density at radius 1 is 1.20 bits per heavy atom. The zero-order valence-electron chi connectivity index (χ0n) is 17.1. The van der Waals surface area contributed by atoms with Gasteiger partial charge in [-0.1, -0.05) is 11.6 Å². The molecule has 0 aromatic heterocycles. The Morgan fingerprint density at radius 2 is 1.90 bits per heavy atom. The summed E-state index contributed by atoms with van der Waals surface area (Å²) in [6, 6.07) is 12.4. The summed E-state index contributed by atoms with van der Waals surface area (Å²) in [5.74, 6) is 0.642. The van der Waals surface area contributed by atoms with Crippen molar-refractivity contribution >= 4 is 34.9 Å². The Morgan fingerprint density at radius 3 is 2.53 bits per heavy atom. The Balaban J connectivity index is 1.47. The molecule has 0 unspecified atom stereocenters. The number of nitrogens with one attached hydrogen (secondary N) is 2. The molecule has 0 aliphatic carbocycles. The monoisotopic (exact) mass is 428 g/mol. The van der Waals surface area contributed by atoms with E-state index in [1.54, 1.807) is 36.3 Å². The van der Waals surface area contributed by atoms with E-state index < -0.39 is 5.66 Å². The average Bonchev–Trinajstić information content (AvgIpc) is 2.75. The first-order chi connectivity index (χ1) is 14.5. The topological polar surface area (TPSA) is 73.9 Å². The number of methoxy groups -OCH3 is 1. The highest BCUT2D eigenvalue weighted by molar-refractivity contribution is 6.31. The number of fused-ring (bicyclic) bond motifs is 1. The number of amides is 3. The Bertz CT molecular complexity index is 955. The molecule has 3 amide bonds. The number of benzene rings is 2. The second-order valence-electron chi connectivity index (χ2n) is 7.54. The highest BCUT2D eigenvalue weighted by Gasteiger charge is 2.45. The van der Waals surface area contributed by atoms with E-state index in [1.165, 1.54) is 0 Å². The van der Waals surface area contributed by atoms with Gasteiger partial charge in [0, 0.05) is 43.2 Å². The number of carbonyl (C=O) groups is 2. The van der Waals surface area contributed by atoms with Crippen molar-refractivity contribution in [2.45, 2.75) is 25.4 Å². The minimum atomic E-state index is -0.513. The lowest BCUT2D eigenvalue weighted by Gasteiger charge is -2.52. The number of likely N-dealkylation sites (tertiary alicyclic amines) is 1. The Hall–Kier alpha value is -2.93. The van der Waals surface area contributed by atoms with E-state index >= 15 is 0 Å². The molecule has 1 saturated heterocycles. The molecule has 2 aliphatic heterocycles. The van der Waals surface area contributed by atoms with Gasteiger partial charge >= 0.3 is 6.03 Å². The van der Waals surface area contributed by atoms with Crippen LogP contribution in [0.4, 0.5) is 16.2 Å². The van der Waals surface area contributed by atoms with Gasteiger partial charge in [-0.3, -0.25) is 4.79 Å². The third-order valence-electron chi connectivity index (χ3n) is 5.89. The van der Waals surface area contributed by atoms with Crippen LogP contribution in [0.15, 0.2) is 42.5 Å². The van der Waals surface area contributed by atoms with E-state index in [-0.39, 0.29) is 11.9 Å². The summed E-state index contributed by atoms with van der Waals surface area (Å²) in [5, 5.41) is 6.73. The number of carbonyl (C=O) groups excluding carboxylic acids is 2. The molecule has 4 rings (SSSR count). The maximum Gasteiger partial charge on any atom is 0.321 e. The van der Waals surface area contributed by atoms with E-state index in [1.807, 2.05) is 18.2 Å². The number of hydrogen-bond acceptors (Lipinski definition) is 4. The van der Waals surface area contributed by atoms with Crippen LogP contribution in [-0.4, -0.2) is 49.2 Å². The number of halogens is 1. The van der Waals surface area contributed by atoms with Crippen molar-refractivity contribution in [1.29, 1.82) is 0 Å². The minimum Gasteiger partial charge on any atom is -0.497 e. The van der Waals surface area contributed by atoms with Crippen molar-refractivity contribution in [3.8, 4) is 5.75 Å². The van der Waals surface area contributed by atoms with Crippen molar-refractivity contribution in [1.82, 2.24) is 10.2 Å². The number of urea groups is 1. The van der Waals surface area contributed by atoms with Crippen LogP contribution in [0.3, 0.4) is 0 Å². The molecule has 0 saturated carbocycles. The van der Waals surface area contributed by atoms with Crippen LogP contribution in [0.25, 0.3) is 0 Å². The molecule has 0 bridgehead atoms. The quantitative estimate of drug-likeness (QED) is 0.776. The molecular weight excluding hydrogens is 404 g/mol. The van der Waals surface area contributed by atoms with Gasteiger partial charge in [0.15, 0.2) is 0 Å². The van der Waals surface area contributed by atoms with Gasteiger partial charge in [0.05, 0.1) is 18.4 Å². The maximum atomic E-state index is 12.8. The first-order valence-corrected chi connectivity index (χ1v) is 10.4. The number of rotatable bonds is 3. The lowest BCUT2D eigenvalue weighted by Crippen LogP contribution is -2.68. The van der Waals surface area contributed by atoms with E-state index in [2.05, 4.69) is 22.5 Å². The lowest BCUT2D eigenvalue weighted by molar-refractivity contribution is 0.0808. The molecule has 2 aromatic carbocycles. The average molecular weight is 429 g/mol. The van der Waals surface area contributed by atoms with E-state index in [4.69, 9.17) is 16.3 Å². The fourth-order valence-electron chi connectivity index (χ4n) is 4.32.